The van der Waals surface area contributed by atoms with Gasteiger partial charge in [0.2, 0.25) is 5.91 Å². The van der Waals surface area contributed by atoms with Crippen molar-refractivity contribution in [2.24, 2.45) is 16.3 Å². The lowest BCUT2D eigenvalue weighted by Gasteiger charge is -2.29. The number of hydrogen-bond acceptors (Lipinski definition) is 3. The number of hydrogen-bond donors (Lipinski definition) is 2. The Labute approximate surface area is 188 Å². The molecule has 162 valence electrons. The van der Waals surface area contributed by atoms with Crippen LogP contribution < -0.4 is 10.6 Å². The third-order valence-corrected chi connectivity index (χ3v) is 6.25. The molecule has 3 rings (SSSR count). The van der Waals surface area contributed by atoms with Gasteiger partial charge in [-0.1, -0.05) is 12.8 Å². The highest BCUT2D eigenvalue weighted by Gasteiger charge is 2.42. The number of guanidine groups is 1. The molecule has 3 saturated carbocycles. The zero-order valence-corrected chi connectivity index (χ0v) is 20.3. The average Bonchev–Trinajstić information content (AvgIpc) is 3.57. The first kappa shape index (κ1) is 23.7. The number of rotatable bonds is 10. The maximum Gasteiger partial charge on any atom is 0.230 e. The highest BCUT2D eigenvalue weighted by molar-refractivity contribution is 14.0. The van der Waals surface area contributed by atoms with Gasteiger partial charge in [0.1, 0.15) is 0 Å². The van der Waals surface area contributed by atoms with Crippen LogP contribution in [0.4, 0.5) is 0 Å². The fourth-order valence-corrected chi connectivity index (χ4v) is 4.35. The maximum absolute atomic E-state index is 12.7. The van der Waals surface area contributed by atoms with Gasteiger partial charge in [-0.15, -0.1) is 24.0 Å². The molecule has 7 heteroatoms. The predicted molar refractivity (Wildman–Crippen MR) is 126 cm³/mol. The molecule has 0 unspecified atom stereocenters. The van der Waals surface area contributed by atoms with Crippen molar-refractivity contribution in [1.82, 2.24) is 20.4 Å². The standard InChI is InChI=1S/C21H39N5O.HI/c1-4-22-20(23-13-14-26(18-9-10-18)15-17-7-8-17)24-16-21(11-5-6-12-21)19(27)25(2)3;/h17-18H,4-16H2,1-3H3,(H2,22,23,24);1H. The molecule has 0 aromatic heterocycles. The van der Waals surface area contributed by atoms with Gasteiger partial charge >= 0.3 is 0 Å². The monoisotopic (exact) mass is 505 g/mol. The van der Waals surface area contributed by atoms with E-state index in [4.69, 9.17) is 4.99 Å². The van der Waals surface area contributed by atoms with Crippen LogP contribution in [0.1, 0.15) is 58.3 Å². The van der Waals surface area contributed by atoms with E-state index >= 15 is 0 Å². The number of nitrogens with one attached hydrogen (secondary N) is 2. The van der Waals surface area contributed by atoms with Crippen molar-refractivity contribution >= 4 is 35.8 Å². The molecule has 0 atom stereocenters. The van der Waals surface area contributed by atoms with Crippen LogP contribution in [-0.2, 0) is 4.79 Å². The van der Waals surface area contributed by atoms with E-state index in [0.717, 1.165) is 63.2 Å². The van der Waals surface area contributed by atoms with Crippen LogP contribution in [0, 0.1) is 11.3 Å². The summed E-state index contributed by atoms with van der Waals surface area (Å²) in [5, 5.41) is 6.87. The highest BCUT2D eigenvalue weighted by atomic mass is 127. The van der Waals surface area contributed by atoms with Gasteiger partial charge in [0.05, 0.1) is 12.0 Å². The van der Waals surface area contributed by atoms with E-state index in [1.54, 1.807) is 4.90 Å². The molecule has 0 bridgehead atoms. The van der Waals surface area contributed by atoms with E-state index in [9.17, 15) is 4.79 Å². The number of carbonyl (C=O) groups is 1. The molecular weight excluding hydrogens is 465 g/mol. The van der Waals surface area contributed by atoms with E-state index in [1.165, 1.54) is 32.2 Å². The summed E-state index contributed by atoms with van der Waals surface area (Å²) in [6, 6.07) is 0.825. The van der Waals surface area contributed by atoms with Crippen LogP contribution in [0.25, 0.3) is 0 Å². The lowest BCUT2D eigenvalue weighted by molar-refractivity contribution is -0.138. The SMILES string of the molecule is CCNC(=NCC1(C(=O)N(C)C)CCCC1)NCCN(CC1CC1)C1CC1.I. The minimum atomic E-state index is -0.294. The Morgan fingerprint density at radius 1 is 1.11 bits per heavy atom. The summed E-state index contributed by atoms with van der Waals surface area (Å²) in [5.41, 5.74) is -0.294. The fraction of sp³-hybridized carbons (Fsp3) is 0.905. The van der Waals surface area contributed by atoms with Crippen molar-refractivity contribution in [2.45, 2.75) is 64.3 Å². The van der Waals surface area contributed by atoms with Crippen LogP contribution in [0.3, 0.4) is 0 Å². The zero-order chi connectivity index (χ0) is 19.3. The minimum Gasteiger partial charge on any atom is -0.357 e. The smallest absolute Gasteiger partial charge is 0.230 e. The van der Waals surface area contributed by atoms with E-state index < -0.39 is 0 Å². The normalized spacial score (nSPS) is 21.4. The lowest BCUT2D eigenvalue weighted by atomic mass is 9.85. The topological polar surface area (TPSA) is 60.0 Å². The molecule has 0 spiro atoms. The molecule has 3 fully saturated rings. The van der Waals surface area contributed by atoms with E-state index in [2.05, 4.69) is 22.5 Å². The van der Waals surface area contributed by atoms with E-state index in [-0.39, 0.29) is 35.3 Å². The van der Waals surface area contributed by atoms with Gasteiger partial charge in [-0.2, -0.15) is 0 Å². The number of carbonyl (C=O) groups excluding carboxylic acids is 1. The Balaban J connectivity index is 0.00000280. The maximum atomic E-state index is 12.7. The molecule has 0 aliphatic heterocycles. The molecule has 6 nitrogen and oxygen atoms in total. The summed E-state index contributed by atoms with van der Waals surface area (Å²) >= 11 is 0. The Morgan fingerprint density at radius 2 is 1.79 bits per heavy atom. The van der Waals surface area contributed by atoms with Crippen LogP contribution in [0.15, 0.2) is 4.99 Å². The molecule has 0 heterocycles. The summed E-state index contributed by atoms with van der Waals surface area (Å²) in [5.74, 6) is 2.05. The van der Waals surface area contributed by atoms with Crippen molar-refractivity contribution in [3.05, 3.63) is 0 Å². The number of nitrogens with zero attached hydrogens (tertiary/aromatic N) is 3. The lowest BCUT2D eigenvalue weighted by Crippen LogP contribution is -2.44. The Morgan fingerprint density at radius 3 is 2.32 bits per heavy atom. The van der Waals surface area contributed by atoms with Crippen molar-refractivity contribution < 1.29 is 4.79 Å². The largest absolute Gasteiger partial charge is 0.357 e. The Kier molecular flexibility index (Phi) is 9.31. The molecule has 0 saturated heterocycles. The third-order valence-electron chi connectivity index (χ3n) is 6.25. The van der Waals surface area contributed by atoms with E-state index in [1.807, 2.05) is 14.1 Å². The number of aliphatic imine (C=N–C) groups is 1. The molecule has 3 aliphatic rings. The molecule has 0 radical (unpaired) electrons. The van der Waals surface area contributed by atoms with Gasteiger partial charge < -0.3 is 15.5 Å². The summed E-state index contributed by atoms with van der Waals surface area (Å²) in [7, 11) is 3.73. The number of amides is 1. The van der Waals surface area contributed by atoms with Gasteiger partial charge in [-0.25, -0.2) is 0 Å². The summed E-state index contributed by atoms with van der Waals surface area (Å²) in [4.78, 5) is 22.0. The van der Waals surface area contributed by atoms with Crippen LogP contribution in [0.5, 0.6) is 0 Å². The minimum absolute atomic E-state index is 0. The van der Waals surface area contributed by atoms with E-state index in [0.29, 0.717) is 6.54 Å². The second kappa shape index (κ2) is 11.0. The molecule has 0 aromatic rings. The quantitative estimate of drug-likeness (QED) is 0.272. The second-order valence-electron chi connectivity index (χ2n) is 8.98. The summed E-state index contributed by atoms with van der Waals surface area (Å²) in [6.07, 6.45) is 9.78. The third kappa shape index (κ3) is 6.75. The van der Waals surface area contributed by atoms with Crippen molar-refractivity contribution in [3.8, 4) is 0 Å². The average molecular weight is 505 g/mol. The first-order valence-corrected chi connectivity index (χ1v) is 11.0. The molecule has 28 heavy (non-hydrogen) atoms. The summed E-state index contributed by atoms with van der Waals surface area (Å²) < 4.78 is 0. The molecule has 1 amide bonds. The van der Waals surface area contributed by atoms with Crippen LogP contribution in [0.2, 0.25) is 0 Å². The Bertz CT molecular complexity index is 525. The zero-order valence-electron chi connectivity index (χ0n) is 18.0. The first-order chi connectivity index (χ1) is 13.0. The fourth-order valence-electron chi connectivity index (χ4n) is 4.35. The molecule has 2 N–H and O–H groups in total. The highest BCUT2D eigenvalue weighted by Crippen LogP contribution is 2.39. The molecular formula is C21H40IN5O. The van der Waals surface area contributed by atoms with Crippen molar-refractivity contribution in [3.63, 3.8) is 0 Å². The van der Waals surface area contributed by atoms with Crippen LogP contribution >= 0.6 is 24.0 Å². The van der Waals surface area contributed by atoms with Gasteiger partial charge in [0, 0.05) is 46.3 Å². The predicted octanol–water partition coefficient (Wildman–Crippen LogP) is 2.68. The molecule has 3 aliphatic carbocycles. The van der Waals surface area contributed by atoms with Gasteiger partial charge in [-0.05, 0) is 51.4 Å². The second-order valence-corrected chi connectivity index (χ2v) is 8.98. The van der Waals surface area contributed by atoms with Crippen molar-refractivity contribution in [2.75, 3.05) is 46.8 Å². The van der Waals surface area contributed by atoms with Gasteiger partial charge in [0.15, 0.2) is 5.96 Å². The Hall–Kier alpha value is -0.570. The number of halogens is 1. The summed E-state index contributed by atoms with van der Waals surface area (Å²) in [6.45, 7) is 6.82. The molecule has 0 aromatic carbocycles. The first-order valence-electron chi connectivity index (χ1n) is 11.0. The van der Waals surface area contributed by atoms with Gasteiger partial charge in [-0.3, -0.25) is 14.7 Å². The van der Waals surface area contributed by atoms with Gasteiger partial charge in [0.25, 0.3) is 0 Å². The van der Waals surface area contributed by atoms with Crippen molar-refractivity contribution in [1.29, 1.82) is 0 Å². The van der Waals surface area contributed by atoms with Crippen LogP contribution in [-0.4, -0.2) is 74.5 Å².